The summed E-state index contributed by atoms with van der Waals surface area (Å²) in [4.78, 5) is 15.0. The minimum Gasteiger partial charge on any atom is -0.352 e. The van der Waals surface area contributed by atoms with Gasteiger partial charge in [0.2, 0.25) is 15.9 Å². The van der Waals surface area contributed by atoms with E-state index in [1.165, 1.54) is 12.1 Å². The third-order valence-corrected chi connectivity index (χ3v) is 7.01. The second-order valence-electron chi connectivity index (χ2n) is 9.58. The minimum absolute atomic E-state index is 0.0602. The maximum atomic E-state index is 13.0. The van der Waals surface area contributed by atoms with E-state index in [-0.39, 0.29) is 23.8 Å². The molecule has 2 N–H and O–H groups in total. The molecule has 0 unspecified atom stereocenters. The van der Waals surface area contributed by atoms with Crippen LogP contribution in [0.4, 0.5) is 13.2 Å². The highest BCUT2D eigenvalue weighted by molar-refractivity contribution is 7.88. The molecule has 32 heavy (non-hydrogen) atoms. The maximum absolute atomic E-state index is 13.0. The lowest BCUT2D eigenvalue weighted by Crippen LogP contribution is -2.51. The molecule has 1 heterocycles. The predicted molar refractivity (Wildman–Crippen MR) is 116 cm³/mol. The van der Waals surface area contributed by atoms with Crippen LogP contribution in [0.1, 0.15) is 44.2 Å². The van der Waals surface area contributed by atoms with Crippen molar-refractivity contribution in [2.75, 3.05) is 19.3 Å². The first-order valence-corrected chi connectivity index (χ1v) is 12.9. The molecule has 1 aromatic carbocycles. The van der Waals surface area contributed by atoms with Crippen molar-refractivity contribution < 1.29 is 26.4 Å². The topological polar surface area (TPSA) is 78.5 Å². The number of rotatable bonds is 8. The number of fused-ring (bicyclic) bond motifs is 1. The van der Waals surface area contributed by atoms with Crippen LogP contribution in [0.5, 0.6) is 0 Å². The van der Waals surface area contributed by atoms with Crippen molar-refractivity contribution in [2.24, 2.45) is 17.8 Å². The van der Waals surface area contributed by atoms with Crippen molar-refractivity contribution in [1.29, 1.82) is 0 Å². The number of halogens is 3. The molecule has 1 aliphatic carbocycles. The number of carbonyl (C=O) groups is 1. The fourth-order valence-corrected chi connectivity index (χ4v) is 5.71. The fraction of sp³-hybridized carbons (Fsp3) is 0.682. The summed E-state index contributed by atoms with van der Waals surface area (Å²) in [5.41, 5.74) is -0.0242. The third-order valence-electron chi connectivity index (χ3n) is 6.30. The lowest BCUT2D eigenvalue weighted by Gasteiger charge is -2.25. The molecule has 10 heteroatoms. The number of alkyl halides is 3. The summed E-state index contributed by atoms with van der Waals surface area (Å²) >= 11 is 0. The van der Waals surface area contributed by atoms with Gasteiger partial charge in [-0.2, -0.15) is 13.2 Å². The molecule has 0 radical (unpaired) electrons. The van der Waals surface area contributed by atoms with E-state index in [1.807, 2.05) is 13.8 Å². The Morgan fingerprint density at radius 3 is 2.56 bits per heavy atom. The Kier molecular flexibility index (Phi) is 7.56. The normalized spacial score (nSPS) is 25.2. The summed E-state index contributed by atoms with van der Waals surface area (Å²) in [6, 6.07) is 4.53. The summed E-state index contributed by atoms with van der Waals surface area (Å²) < 4.78 is 64.8. The van der Waals surface area contributed by atoms with Crippen molar-refractivity contribution in [1.82, 2.24) is 14.9 Å². The van der Waals surface area contributed by atoms with Crippen molar-refractivity contribution in [3.05, 3.63) is 35.4 Å². The van der Waals surface area contributed by atoms with Gasteiger partial charge >= 0.3 is 6.18 Å². The molecule has 1 amide bonds. The minimum atomic E-state index is -4.36. The number of amides is 1. The van der Waals surface area contributed by atoms with E-state index in [1.54, 1.807) is 6.07 Å². The molecule has 4 atom stereocenters. The molecular weight excluding hydrogens is 443 g/mol. The number of benzene rings is 1. The van der Waals surface area contributed by atoms with Crippen molar-refractivity contribution in [2.45, 2.75) is 57.9 Å². The van der Waals surface area contributed by atoms with E-state index in [4.69, 9.17) is 0 Å². The van der Waals surface area contributed by atoms with E-state index < -0.39 is 27.8 Å². The summed E-state index contributed by atoms with van der Waals surface area (Å²) in [5, 5.41) is 3.05. The average Bonchev–Trinajstić information content (AvgIpc) is 3.20. The number of hydrogen-bond acceptors (Lipinski definition) is 4. The van der Waals surface area contributed by atoms with Gasteiger partial charge in [-0.3, -0.25) is 9.69 Å². The lowest BCUT2D eigenvalue weighted by molar-refractivity contribution is -0.137. The van der Waals surface area contributed by atoms with Gasteiger partial charge in [0.1, 0.15) is 6.04 Å². The Morgan fingerprint density at radius 1 is 1.22 bits per heavy atom. The summed E-state index contributed by atoms with van der Waals surface area (Å²) in [6.45, 7) is 5.77. The Morgan fingerprint density at radius 2 is 1.94 bits per heavy atom. The number of sulfonamides is 1. The molecule has 1 aromatic rings. The second-order valence-corrected chi connectivity index (χ2v) is 11.4. The van der Waals surface area contributed by atoms with Gasteiger partial charge in [-0.05, 0) is 48.6 Å². The van der Waals surface area contributed by atoms with Gasteiger partial charge in [0.15, 0.2) is 0 Å². The first-order valence-electron chi connectivity index (χ1n) is 11.0. The Balaban J connectivity index is 1.61. The SMILES string of the molecule is CC(C)C[C@@H](NS(C)(=O)=O)C(=O)N[C@H]1CC[C@@H]2CN(Cc3cccc(C(F)(F)F)c3)C[C@@H]21. The Hall–Kier alpha value is -1.65. The Bertz CT molecular complexity index is 920. The molecule has 1 saturated heterocycles. The summed E-state index contributed by atoms with van der Waals surface area (Å²) in [6.07, 6.45) is -1.16. The van der Waals surface area contributed by atoms with Gasteiger partial charge < -0.3 is 5.32 Å². The zero-order valence-corrected chi connectivity index (χ0v) is 19.5. The maximum Gasteiger partial charge on any atom is 0.416 e. The zero-order chi connectivity index (χ0) is 23.7. The van der Waals surface area contributed by atoms with Gasteiger partial charge in [0, 0.05) is 25.7 Å². The third kappa shape index (κ3) is 6.68. The first-order chi connectivity index (χ1) is 14.8. The predicted octanol–water partition coefficient (Wildman–Crippen LogP) is 3.00. The smallest absolute Gasteiger partial charge is 0.352 e. The molecule has 2 aliphatic rings. The highest BCUT2D eigenvalue weighted by Gasteiger charge is 2.43. The van der Waals surface area contributed by atoms with Gasteiger partial charge in [0.05, 0.1) is 11.8 Å². The fourth-order valence-electron chi connectivity index (χ4n) is 4.99. The highest BCUT2D eigenvalue weighted by atomic mass is 32.2. The summed E-state index contributed by atoms with van der Waals surface area (Å²) in [7, 11) is -3.52. The monoisotopic (exact) mass is 475 g/mol. The molecular formula is C22H32F3N3O3S. The summed E-state index contributed by atoms with van der Waals surface area (Å²) in [5.74, 6) is 0.414. The lowest BCUT2D eigenvalue weighted by atomic mass is 9.97. The average molecular weight is 476 g/mol. The van der Waals surface area contributed by atoms with E-state index in [0.29, 0.717) is 31.0 Å². The number of hydrogen-bond donors (Lipinski definition) is 2. The highest BCUT2D eigenvalue weighted by Crippen LogP contribution is 2.39. The van der Waals surface area contributed by atoms with Crippen LogP contribution < -0.4 is 10.0 Å². The van der Waals surface area contributed by atoms with Crippen molar-refractivity contribution in [3.63, 3.8) is 0 Å². The Labute approximate surface area is 188 Å². The van der Waals surface area contributed by atoms with Crippen molar-refractivity contribution in [3.8, 4) is 0 Å². The van der Waals surface area contributed by atoms with Crippen LogP contribution in [0.15, 0.2) is 24.3 Å². The van der Waals surface area contributed by atoms with Gasteiger partial charge in [0.25, 0.3) is 0 Å². The molecule has 1 saturated carbocycles. The van der Waals surface area contributed by atoms with Crippen LogP contribution in [0.2, 0.25) is 0 Å². The largest absolute Gasteiger partial charge is 0.416 e. The molecule has 0 bridgehead atoms. The quantitative estimate of drug-likeness (QED) is 0.606. The molecule has 0 aromatic heterocycles. The molecule has 2 fully saturated rings. The molecule has 3 rings (SSSR count). The zero-order valence-electron chi connectivity index (χ0n) is 18.7. The van der Waals surface area contributed by atoms with E-state index >= 15 is 0 Å². The molecule has 1 aliphatic heterocycles. The molecule has 180 valence electrons. The van der Waals surface area contributed by atoms with Crippen LogP contribution in [-0.2, 0) is 27.5 Å². The number of nitrogens with one attached hydrogen (secondary N) is 2. The van der Waals surface area contributed by atoms with Crippen LogP contribution in [-0.4, -0.2) is 50.7 Å². The van der Waals surface area contributed by atoms with E-state index in [0.717, 1.165) is 31.7 Å². The first kappa shape index (κ1) is 25.0. The van der Waals surface area contributed by atoms with Crippen LogP contribution in [0.3, 0.4) is 0 Å². The number of likely N-dealkylation sites (tertiary alicyclic amines) is 1. The van der Waals surface area contributed by atoms with E-state index in [9.17, 15) is 26.4 Å². The standard InChI is InChI=1S/C22H32F3N3O3S/c1-14(2)9-20(27-32(3,30)31)21(29)26-19-8-7-16-12-28(13-18(16)19)11-15-5-4-6-17(10-15)22(23,24)25/h4-6,10,14,16,18-20,27H,7-9,11-13H2,1-3H3,(H,26,29)/t16-,18+,19+,20-/m1/s1. The van der Waals surface area contributed by atoms with Crippen LogP contribution in [0, 0.1) is 17.8 Å². The van der Waals surface area contributed by atoms with Crippen molar-refractivity contribution >= 4 is 15.9 Å². The molecule has 0 spiro atoms. The number of carbonyl (C=O) groups excluding carboxylic acids is 1. The molecule has 6 nitrogen and oxygen atoms in total. The van der Waals surface area contributed by atoms with Gasteiger partial charge in [-0.1, -0.05) is 32.0 Å². The van der Waals surface area contributed by atoms with Gasteiger partial charge in [-0.15, -0.1) is 0 Å². The van der Waals surface area contributed by atoms with Gasteiger partial charge in [-0.25, -0.2) is 13.1 Å². The van der Waals surface area contributed by atoms with Crippen LogP contribution in [0.25, 0.3) is 0 Å². The second kappa shape index (κ2) is 9.69. The number of nitrogens with zero attached hydrogens (tertiary/aromatic N) is 1. The van der Waals surface area contributed by atoms with Crippen LogP contribution >= 0.6 is 0 Å². The van der Waals surface area contributed by atoms with E-state index in [2.05, 4.69) is 14.9 Å².